The van der Waals surface area contributed by atoms with Gasteiger partial charge >= 0.3 is 5.97 Å². The van der Waals surface area contributed by atoms with Crippen LogP contribution in [-0.2, 0) is 6.54 Å². The number of rotatable bonds is 6. The standard InChI is InChI=1S/C27H20ClNO8/c1-2-33-16-4-5-19-17(9-16)24(14-3-6-20-21(7-14)35-12-34-20)25(27(31)32)26(30)29(19)11-15-8-22-23(10-18(15)28)37-13-36-22/h3-10H,2,11-13H2,1H3,(H,31,32). The maximum absolute atomic E-state index is 13.8. The van der Waals surface area contributed by atoms with Crippen LogP contribution < -0.4 is 29.2 Å². The fourth-order valence-corrected chi connectivity index (χ4v) is 4.86. The van der Waals surface area contributed by atoms with Crippen molar-refractivity contribution in [2.45, 2.75) is 13.5 Å². The van der Waals surface area contributed by atoms with Gasteiger partial charge in [-0.25, -0.2) is 4.79 Å². The third-order valence-electron chi connectivity index (χ3n) is 6.29. The smallest absolute Gasteiger partial charge is 0.342 e. The fourth-order valence-electron chi connectivity index (χ4n) is 4.65. The normalized spacial score (nSPS) is 13.2. The van der Waals surface area contributed by atoms with Gasteiger partial charge in [0.25, 0.3) is 5.56 Å². The van der Waals surface area contributed by atoms with Gasteiger partial charge in [-0.2, -0.15) is 0 Å². The molecule has 0 saturated carbocycles. The molecule has 0 bridgehead atoms. The molecule has 0 unspecified atom stereocenters. The first-order valence-corrected chi connectivity index (χ1v) is 11.9. The van der Waals surface area contributed by atoms with E-state index >= 15 is 0 Å². The first kappa shape index (κ1) is 23.1. The van der Waals surface area contributed by atoms with Crippen molar-refractivity contribution in [3.8, 4) is 39.9 Å². The van der Waals surface area contributed by atoms with Crippen LogP contribution in [0, 0.1) is 0 Å². The summed E-state index contributed by atoms with van der Waals surface area (Å²) in [4.78, 5) is 26.4. The Morgan fingerprint density at radius 1 is 0.973 bits per heavy atom. The molecule has 2 aliphatic rings. The zero-order valence-corrected chi connectivity index (χ0v) is 20.3. The lowest BCUT2D eigenvalue weighted by atomic mass is 9.95. The van der Waals surface area contributed by atoms with Crippen LogP contribution in [-0.4, -0.2) is 35.8 Å². The summed E-state index contributed by atoms with van der Waals surface area (Å²) < 4.78 is 28.9. The van der Waals surface area contributed by atoms with E-state index in [9.17, 15) is 14.7 Å². The van der Waals surface area contributed by atoms with Gasteiger partial charge in [0.2, 0.25) is 13.6 Å². The number of nitrogens with zero attached hydrogens (tertiary/aromatic N) is 1. The Kier molecular flexibility index (Phi) is 5.57. The Bertz CT molecular complexity index is 1640. The van der Waals surface area contributed by atoms with Gasteiger partial charge < -0.3 is 33.4 Å². The second-order valence-electron chi connectivity index (χ2n) is 8.42. The minimum Gasteiger partial charge on any atom is -0.494 e. The second kappa shape index (κ2) is 8.94. The van der Waals surface area contributed by atoms with Gasteiger partial charge in [-0.05, 0) is 54.4 Å². The van der Waals surface area contributed by atoms with Crippen LogP contribution in [0.5, 0.6) is 28.7 Å². The maximum Gasteiger partial charge on any atom is 0.342 e. The highest BCUT2D eigenvalue weighted by atomic mass is 35.5. The number of aromatic nitrogens is 1. The summed E-state index contributed by atoms with van der Waals surface area (Å²) in [5.41, 5.74) is 0.809. The highest BCUT2D eigenvalue weighted by Crippen LogP contribution is 2.41. The number of hydrogen-bond donors (Lipinski definition) is 1. The molecule has 4 aromatic rings. The molecule has 37 heavy (non-hydrogen) atoms. The van der Waals surface area contributed by atoms with Gasteiger partial charge in [0.05, 0.1) is 18.7 Å². The molecule has 1 aromatic heterocycles. The molecule has 0 radical (unpaired) electrons. The molecule has 3 aromatic carbocycles. The number of carboxylic acids is 1. The molecule has 0 aliphatic carbocycles. The summed E-state index contributed by atoms with van der Waals surface area (Å²) in [5.74, 6) is 1.22. The molecule has 10 heteroatoms. The van der Waals surface area contributed by atoms with E-state index in [1.54, 1.807) is 48.5 Å². The van der Waals surface area contributed by atoms with Crippen molar-refractivity contribution < 1.29 is 33.6 Å². The van der Waals surface area contributed by atoms with Crippen molar-refractivity contribution >= 4 is 28.5 Å². The fraction of sp³-hybridized carbons (Fsp3) is 0.185. The van der Waals surface area contributed by atoms with E-state index in [1.807, 2.05) is 6.92 Å². The minimum atomic E-state index is -1.35. The number of ether oxygens (including phenoxy) is 5. The summed E-state index contributed by atoms with van der Waals surface area (Å²) in [6.45, 7) is 2.43. The Labute approximate surface area is 215 Å². The Morgan fingerprint density at radius 2 is 1.68 bits per heavy atom. The molecule has 1 N–H and O–H groups in total. The number of halogens is 1. The van der Waals surface area contributed by atoms with Crippen LogP contribution in [0.3, 0.4) is 0 Å². The van der Waals surface area contributed by atoms with Crippen LogP contribution in [0.2, 0.25) is 5.02 Å². The van der Waals surface area contributed by atoms with E-state index in [1.165, 1.54) is 4.57 Å². The lowest BCUT2D eigenvalue weighted by molar-refractivity contribution is 0.0695. The lowest BCUT2D eigenvalue weighted by Gasteiger charge is -2.18. The average molecular weight is 522 g/mol. The number of benzene rings is 3. The summed E-state index contributed by atoms with van der Waals surface area (Å²) in [6.07, 6.45) is 0. The number of carbonyl (C=O) groups is 1. The second-order valence-corrected chi connectivity index (χ2v) is 8.83. The Morgan fingerprint density at radius 3 is 2.41 bits per heavy atom. The molecule has 3 heterocycles. The monoisotopic (exact) mass is 521 g/mol. The van der Waals surface area contributed by atoms with E-state index in [0.717, 1.165) is 0 Å². The van der Waals surface area contributed by atoms with Crippen LogP contribution in [0.1, 0.15) is 22.8 Å². The van der Waals surface area contributed by atoms with E-state index in [4.69, 9.17) is 35.3 Å². The van der Waals surface area contributed by atoms with E-state index < -0.39 is 11.5 Å². The molecular weight excluding hydrogens is 502 g/mol. The van der Waals surface area contributed by atoms with Gasteiger partial charge in [0, 0.05) is 22.0 Å². The van der Waals surface area contributed by atoms with Crippen LogP contribution >= 0.6 is 11.6 Å². The third kappa shape index (κ3) is 3.88. The molecule has 6 rings (SSSR count). The third-order valence-corrected chi connectivity index (χ3v) is 6.65. The lowest BCUT2D eigenvalue weighted by Crippen LogP contribution is -2.28. The molecule has 9 nitrogen and oxygen atoms in total. The molecule has 188 valence electrons. The minimum absolute atomic E-state index is 0.0144. The highest BCUT2D eigenvalue weighted by Gasteiger charge is 2.26. The van der Waals surface area contributed by atoms with Crippen molar-refractivity contribution in [2.24, 2.45) is 0 Å². The largest absolute Gasteiger partial charge is 0.494 e. The molecule has 0 spiro atoms. The van der Waals surface area contributed by atoms with Gasteiger partial charge in [-0.1, -0.05) is 17.7 Å². The highest BCUT2D eigenvalue weighted by molar-refractivity contribution is 6.31. The summed E-state index contributed by atoms with van der Waals surface area (Å²) >= 11 is 6.50. The van der Waals surface area contributed by atoms with E-state index in [-0.39, 0.29) is 31.3 Å². The summed E-state index contributed by atoms with van der Waals surface area (Å²) in [5, 5.41) is 11.1. The van der Waals surface area contributed by atoms with Crippen LogP contribution in [0.25, 0.3) is 22.0 Å². The van der Waals surface area contributed by atoms with Gasteiger partial charge in [-0.3, -0.25) is 4.79 Å². The molecule has 0 atom stereocenters. The van der Waals surface area contributed by atoms with Crippen LogP contribution in [0.4, 0.5) is 0 Å². The zero-order chi connectivity index (χ0) is 25.7. The number of aromatic carboxylic acids is 1. The number of fused-ring (bicyclic) bond motifs is 3. The summed E-state index contributed by atoms with van der Waals surface area (Å²) in [7, 11) is 0. The summed E-state index contributed by atoms with van der Waals surface area (Å²) in [6, 6.07) is 13.6. The molecule has 0 fully saturated rings. The topological polar surface area (TPSA) is 105 Å². The quantitative estimate of drug-likeness (QED) is 0.381. The first-order valence-electron chi connectivity index (χ1n) is 11.5. The number of pyridine rings is 1. The number of hydrogen-bond acceptors (Lipinski definition) is 7. The van der Waals surface area contributed by atoms with E-state index in [2.05, 4.69) is 0 Å². The predicted octanol–water partition coefficient (Wildman–Crippen LogP) is 4.92. The molecular formula is C27H20ClNO8. The average Bonchev–Trinajstić information content (AvgIpc) is 3.54. The SMILES string of the molecule is CCOc1ccc2c(c1)c(-c1ccc3c(c1)OCO3)c(C(=O)O)c(=O)n2Cc1cc2c(cc1Cl)OCO2. The first-order chi connectivity index (χ1) is 17.9. The van der Waals surface area contributed by atoms with Gasteiger partial charge in [-0.15, -0.1) is 0 Å². The van der Waals surface area contributed by atoms with Crippen molar-refractivity contribution in [1.29, 1.82) is 0 Å². The predicted molar refractivity (Wildman–Crippen MR) is 135 cm³/mol. The van der Waals surface area contributed by atoms with Crippen molar-refractivity contribution in [1.82, 2.24) is 4.57 Å². The molecule has 2 aliphatic heterocycles. The van der Waals surface area contributed by atoms with Crippen molar-refractivity contribution in [3.05, 3.63) is 75.0 Å². The van der Waals surface area contributed by atoms with E-state index in [0.29, 0.717) is 62.4 Å². The van der Waals surface area contributed by atoms with Crippen molar-refractivity contribution in [2.75, 3.05) is 20.2 Å². The molecule has 0 saturated heterocycles. The number of carboxylic acid groups (broad SMARTS) is 1. The zero-order valence-electron chi connectivity index (χ0n) is 19.6. The molecule has 0 amide bonds. The maximum atomic E-state index is 13.8. The Hall–Kier alpha value is -4.37. The van der Waals surface area contributed by atoms with Gasteiger partial charge in [0.1, 0.15) is 11.3 Å². The van der Waals surface area contributed by atoms with Crippen LogP contribution in [0.15, 0.2) is 53.3 Å². The van der Waals surface area contributed by atoms with Crippen molar-refractivity contribution in [3.63, 3.8) is 0 Å². The Balaban J connectivity index is 1.62. The van der Waals surface area contributed by atoms with Gasteiger partial charge in [0.15, 0.2) is 23.0 Å².